The molecule has 1 amide bonds. The maximum absolute atomic E-state index is 11.9. The number of amides is 1. The Bertz CT molecular complexity index is 339. The first-order valence-electron chi connectivity index (χ1n) is 6.62. The normalized spacial score (nSPS) is 17.4. The molecule has 0 aromatic carbocycles. The van der Waals surface area contributed by atoms with Gasteiger partial charge in [0.2, 0.25) is 5.91 Å². The van der Waals surface area contributed by atoms with E-state index in [1.807, 2.05) is 11.3 Å². The molecule has 94 valence electrons. The lowest BCUT2D eigenvalue weighted by molar-refractivity contribution is -0.132. The van der Waals surface area contributed by atoms with Crippen LogP contribution in [0.4, 0.5) is 0 Å². The Morgan fingerprint density at radius 2 is 2.24 bits per heavy atom. The van der Waals surface area contributed by atoms with Gasteiger partial charge in [0, 0.05) is 24.4 Å². The number of rotatable bonds is 4. The molecule has 1 fully saturated rings. The Balaban J connectivity index is 1.80. The molecule has 2 heterocycles. The van der Waals surface area contributed by atoms with Gasteiger partial charge in [-0.2, -0.15) is 0 Å². The zero-order valence-electron chi connectivity index (χ0n) is 10.5. The molecule has 0 atom stereocenters. The summed E-state index contributed by atoms with van der Waals surface area (Å²) >= 11 is 1.85. The maximum atomic E-state index is 11.9. The number of hydrogen-bond acceptors (Lipinski definition) is 2. The Morgan fingerprint density at radius 3 is 2.82 bits per heavy atom. The minimum atomic E-state index is 0.358. The second-order valence-electron chi connectivity index (χ2n) is 4.77. The number of hydrogen-bond donors (Lipinski definition) is 0. The van der Waals surface area contributed by atoms with E-state index in [1.165, 1.54) is 4.88 Å². The van der Waals surface area contributed by atoms with Gasteiger partial charge in [-0.3, -0.25) is 4.79 Å². The second kappa shape index (κ2) is 6.20. The summed E-state index contributed by atoms with van der Waals surface area (Å²) in [5, 5.41) is 2.15. The van der Waals surface area contributed by atoms with Crippen molar-refractivity contribution in [2.75, 3.05) is 13.1 Å². The standard InChI is InChI=1S/C14H21NOS/c1-2-3-6-14(16)15-9-7-12(8-10-15)13-5-4-11-17-13/h4-5,11-12H,2-3,6-10H2,1H3. The van der Waals surface area contributed by atoms with Crippen molar-refractivity contribution in [1.82, 2.24) is 4.90 Å². The molecule has 0 bridgehead atoms. The molecule has 0 spiro atoms. The molecule has 0 N–H and O–H groups in total. The number of piperidine rings is 1. The lowest BCUT2D eigenvalue weighted by atomic mass is 9.95. The third-order valence-corrected chi connectivity index (χ3v) is 4.57. The van der Waals surface area contributed by atoms with Crippen LogP contribution in [0.3, 0.4) is 0 Å². The fourth-order valence-electron chi connectivity index (χ4n) is 2.42. The first kappa shape index (κ1) is 12.6. The summed E-state index contributed by atoms with van der Waals surface area (Å²) in [6, 6.07) is 4.35. The summed E-state index contributed by atoms with van der Waals surface area (Å²) < 4.78 is 0. The predicted molar refractivity (Wildman–Crippen MR) is 72.4 cm³/mol. The first-order valence-corrected chi connectivity index (χ1v) is 7.50. The van der Waals surface area contributed by atoms with Crippen LogP contribution in [0.2, 0.25) is 0 Å². The lowest BCUT2D eigenvalue weighted by Crippen LogP contribution is -2.37. The molecule has 1 aromatic rings. The van der Waals surface area contributed by atoms with Crippen molar-refractivity contribution >= 4 is 17.2 Å². The zero-order chi connectivity index (χ0) is 12.1. The molecule has 1 saturated heterocycles. The molecular formula is C14H21NOS. The minimum Gasteiger partial charge on any atom is -0.343 e. The Kier molecular flexibility index (Phi) is 4.60. The van der Waals surface area contributed by atoms with Crippen molar-refractivity contribution < 1.29 is 4.79 Å². The highest BCUT2D eigenvalue weighted by Gasteiger charge is 2.23. The van der Waals surface area contributed by atoms with Gasteiger partial charge in [-0.15, -0.1) is 11.3 Å². The van der Waals surface area contributed by atoms with Crippen LogP contribution < -0.4 is 0 Å². The average molecular weight is 251 g/mol. The molecule has 1 aliphatic heterocycles. The van der Waals surface area contributed by atoms with Crippen molar-refractivity contribution in [2.24, 2.45) is 0 Å². The number of carbonyl (C=O) groups is 1. The molecule has 3 heteroatoms. The van der Waals surface area contributed by atoms with Crippen LogP contribution in [0.1, 0.15) is 49.8 Å². The first-order chi connectivity index (χ1) is 8.31. The predicted octanol–water partition coefficient (Wildman–Crippen LogP) is 3.64. The number of unbranched alkanes of at least 4 members (excludes halogenated alkanes) is 1. The molecular weight excluding hydrogens is 230 g/mol. The van der Waals surface area contributed by atoms with E-state index in [9.17, 15) is 4.79 Å². The quantitative estimate of drug-likeness (QED) is 0.800. The fraction of sp³-hybridized carbons (Fsp3) is 0.643. The monoisotopic (exact) mass is 251 g/mol. The van der Waals surface area contributed by atoms with Gasteiger partial charge < -0.3 is 4.90 Å². The number of likely N-dealkylation sites (tertiary alicyclic amines) is 1. The summed E-state index contributed by atoms with van der Waals surface area (Å²) in [4.78, 5) is 15.4. The third-order valence-electron chi connectivity index (χ3n) is 3.54. The van der Waals surface area contributed by atoms with Crippen LogP contribution >= 0.6 is 11.3 Å². The Hall–Kier alpha value is -0.830. The highest BCUT2D eigenvalue weighted by molar-refractivity contribution is 7.10. The average Bonchev–Trinajstić information content (AvgIpc) is 2.90. The number of nitrogens with zero attached hydrogens (tertiary/aromatic N) is 1. The molecule has 2 nitrogen and oxygen atoms in total. The van der Waals surface area contributed by atoms with E-state index in [2.05, 4.69) is 29.3 Å². The van der Waals surface area contributed by atoms with Crippen molar-refractivity contribution in [2.45, 2.75) is 44.9 Å². The summed E-state index contributed by atoms with van der Waals surface area (Å²) in [5.41, 5.74) is 0. The highest BCUT2D eigenvalue weighted by Crippen LogP contribution is 2.31. The van der Waals surface area contributed by atoms with E-state index in [4.69, 9.17) is 0 Å². The largest absolute Gasteiger partial charge is 0.343 e. The van der Waals surface area contributed by atoms with E-state index in [-0.39, 0.29) is 0 Å². The van der Waals surface area contributed by atoms with Crippen LogP contribution in [-0.2, 0) is 4.79 Å². The van der Waals surface area contributed by atoms with Gasteiger partial charge in [-0.05, 0) is 36.6 Å². The summed E-state index contributed by atoms with van der Waals surface area (Å²) in [6.45, 7) is 4.03. The van der Waals surface area contributed by atoms with Gasteiger partial charge in [-0.25, -0.2) is 0 Å². The second-order valence-corrected chi connectivity index (χ2v) is 5.75. The topological polar surface area (TPSA) is 20.3 Å². The molecule has 17 heavy (non-hydrogen) atoms. The summed E-state index contributed by atoms with van der Waals surface area (Å²) in [7, 11) is 0. The van der Waals surface area contributed by atoms with Gasteiger partial charge in [0.25, 0.3) is 0 Å². The SMILES string of the molecule is CCCCC(=O)N1CCC(c2cccs2)CC1. The molecule has 0 unspecified atom stereocenters. The van der Waals surface area contributed by atoms with Crippen LogP contribution in [-0.4, -0.2) is 23.9 Å². The number of thiophene rings is 1. The van der Waals surface area contributed by atoms with E-state index < -0.39 is 0 Å². The summed E-state index contributed by atoms with van der Waals surface area (Å²) in [5.74, 6) is 1.04. The zero-order valence-corrected chi connectivity index (χ0v) is 11.3. The Labute approximate surface area is 108 Å². The van der Waals surface area contributed by atoms with Gasteiger partial charge in [-0.1, -0.05) is 19.4 Å². The maximum Gasteiger partial charge on any atom is 0.222 e. The molecule has 0 saturated carbocycles. The third kappa shape index (κ3) is 3.32. The van der Waals surface area contributed by atoms with Gasteiger partial charge >= 0.3 is 0 Å². The van der Waals surface area contributed by atoms with Gasteiger partial charge in [0.05, 0.1) is 0 Å². The van der Waals surface area contributed by atoms with Crippen molar-refractivity contribution in [3.63, 3.8) is 0 Å². The summed E-state index contributed by atoms with van der Waals surface area (Å²) in [6.07, 6.45) is 5.15. The van der Waals surface area contributed by atoms with Gasteiger partial charge in [0.15, 0.2) is 0 Å². The molecule has 2 rings (SSSR count). The smallest absolute Gasteiger partial charge is 0.222 e. The Morgan fingerprint density at radius 1 is 1.47 bits per heavy atom. The minimum absolute atomic E-state index is 0.358. The van der Waals surface area contributed by atoms with E-state index in [0.717, 1.165) is 45.2 Å². The lowest BCUT2D eigenvalue weighted by Gasteiger charge is -2.31. The fourth-order valence-corrected chi connectivity index (χ4v) is 3.32. The molecule has 0 aliphatic carbocycles. The highest BCUT2D eigenvalue weighted by atomic mass is 32.1. The molecule has 1 aliphatic rings. The van der Waals surface area contributed by atoms with E-state index in [1.54, 1.807) is 0 Å². The van der Waals surface area contributed by atoms with Crippen molar-refractivity contribution in [3.05, 3.63) is 22.4 Å². The van der Waals surface area contributed by atoms with Crippen LogP contribution in [0, 0.1) is 0 Å². The van der Waals surface area contributed by atoms with Crippen LogP contribution in [0.5, 0.6) is 0 Å². The van der Waals surface area contributed by atoms with Crippen molar-refractivity contribution in [1.29, 1.82) is 0 Å². The van der Waals surface area contributed by atoms with Gasteiger partial charge in [0.1, 0.15) is 0 Å². The molecule has 1 aromatic heterocycles. The van der Waals surface area contributed by atoms with Crippen LogP contribution in [0.15, 0.2) is 17.5 Å². The van der Waals surface area contributed by atoms with Crippen LogP contribution in [0.25, 0.3) is 0 Å². The number of carbonyl (C=O) groups excluding carboxylic acids is 1. The van der Waals surface area contributed by atoms with Crippen molar-refractivity contribution in [3.8, 4) is 0 Å². The van der Waals surface area contributed by atoms with E-state index >= 15 is 0 Å². The van der Waals surface area contributed by atoms with E-state index in [0.29, 0.717) is 11.8 Å². The molecule has 0 radical (unpaired) electrons.